The largest absolute Gasteiger partial charge is 0.338 e. The van der Waals surface area contributed by atoms with Gasteiger partial charge in [0.05, 0.1) is 6.04 Å². The van der Waals surface area contributed by atoms with Gasteiger partial charge < -0.3 is 10.2 Å². The van der Waals surface area contributed by atoms with E-state index < -0.39 is 0 Å². The molecule has 20 heavy (non-hydrogen) atoms. The first-order chi connectivity index (χ1) is 9.58. The van der Waals surface area contributed by atoms with Crippen molar-refractivity contribution in [3.05, 3.63) is 35.6 Å². The van der Waals surface area contributed by atoms with Crippen LogP contribution in [0.25, 0.3) is 0 Å². The number of amides is 2. The van der Waals surface area contributed by atoms with E-state index in [-0.39, 0.29) is 17.9 Å². The predicted molar refractivity (Wildman–Crippen MR) is 77.9 cm³/mol. The van der Waals surface area contributed by atoms with Crippen LogP contribution in [0.2, 0.25) is 0 Å². The van der Waals surface area contributed by atoms with E-state index in [0.717, 1.165) is 31.4 Å². The number of carbonyl (C=O) groups is 1. The van der Waals surface area contributed by atoms with Crippen LogP contribution in [0.15, 0.2) is 24.3 Å². The molecule has 1 aromatic rings. The van der Waals surface area contributed by atoms with Crippen LogP contribution < -0.4 is 5.32 Å². The first-order valence-corrected chi connectivity index (χ1v) is 7.38. The molecule has 0 aliphatic carbocycles. The average molecular weight is 278 g/mol. The minimum atomic E-state index is -0.241. The number of carbonyl (C=O) groups excluding carboxylic acids is 1. The molecule has 0 aromatic heterocycles. The molecule has 1 aliphatic heterocycles. The summed E-state index contributed by atoms with van der Waals surface area (Å²) in [5, 5.41) is 2.96. The van der Waals surface area contributed by atoms with Crippen molar-refractivity contribution in [3.63, 3.8) is 0 Å². The lowest BCUT2D eigenvalue weighted by Crippen LogP contribution is -2.40. The zero-order chi connectivity index (χ0) is 14.5. The summed E-state index contributed by atoms with van der Waals surface area (Å²) in [6.07, 6.45) is 2.85. The summed E-state index contributed by atoms with van der Waals surface area (Å²) >= 11 is 0. The molecule has 110 valence electrons. The number of benzene rings is 1. The van der Waals surface area contributed by atoms with E-state index in [1.54, 1.807) is 6.07 Å². The van der Waals surface area contributed by atoms with Crippen LogP contribution in [0.5, 0.6) is 0 Å². The van der Waals surface area contributed by atoms with Crippen LogP contribution in [-0.4, -0.2) is 24.0 Å². The van der Waals surface area contributed by atoms with Gasteiger partial charge in [-0.3, -0.25) is 0 Å². The summed E-state index contributed by atoms with van der Waals surface area (Å²) in [7, 11) is 0. The summed E-state index contributed by atoms with van der Waals surface area (Å²) in [6.45, 7) is 5.71. The molecule has 2 amide bonds. The fourth-order valence-electron chi connectivity index (χ4n) is 2.64. The number of urea groups is 1. The highest BCUT2D eigenvalue weighted by atomic mass is 19.1. The van der Waals surface area contributed by atoms with E-state index in [1.807, 2.05) is 11.0 Å². The number of nitrogens with one attached hydrogen (secondary N) is 1. The molecule has 1 saturated heterocycles. The van der Waals surface area contributed by atoms with Crippen molar-refractivity contribution in [3.8, 4) is 0 Å². The average Bonchev–Trinajstić information content (AvgIpc) is 2.87. The smallest absolute Gasteiger partial charge is 0.317 e. The van der Waals surface area contributed by atoms with Crippen molar-refractivity contribution in [2.45, 2.75) is 39.2 Å². The van der Waals surface area contributed by atoms with Crippen molar-refractivity contribution in [1.82, 2.24) is 10.2 Å². The van der Waals surface area contributed by atoms with Crippen LogP contribution in [0.1, 0.15) is 44.7 Å². The highest BCUT2D eigenvalue weighted by Crippen LogP contribution is 2.32. The summed E-state index contributed by atoms with van der Waals surface area (Å²) in [5.41, 5.74) is 0.890. The fraction of sp³-hybridized carbons (Fsp3) is 0.562. The third-order valence-electron chi connectivity index (χ3n) is 3.75. The molecule has 4 heteroatoms. The van der Waals surface area contributed by atoms with Gasteiger partial charge in [-0.15, -0.1) is 0 Å². The number of hydrogen-bond donors (Lipinski definition) is 1. The molecule has 2 rings (SSSR count). The summed E-state index contributed by atoms with van der Waals surface area (Å²) in [4.78, 5) is 14.0. The van der Waals surface area contributed by atoms with Crippen molar-refractivity contribution < 1.29 is 9.18 Å². The second kappa shape index (κ2) is 6.73. The molecule has 1 aliphatic rings. The normalized spacial score (nSPS) is 18.6. The predicted octanol–water partition coefficient (Wildman–Crippen LogP) is 3.72. The quantitative estimate of drug-likeness (QED) is 0.894. The molecule has 0 spiro atoms. The number of likely N-dealkylation sites (tertiary alicyclic amines) is 1. The van der Waals surface area contributed by atoms with E-state index in [4.69, 9.17) is 0 Å². The molecule has 0 unspecified atom stereocenters. The Morgan fingerprint density at radius 3 is 3.00 bits per heavy atom. The Balaban J connectivity index is 1.98. The van der Waals surface area contributed by atoms with Gasteiger partial charge in [0.25, 0.3) is 0 Å². The third kappa shape index (κ3) is 3.71. The second-order valence-corrected chi connectivity index (χ2v) is 5.82. The van der Waals surface area contributed by atoms with E-state index in [1.165, 1.54) is 12.1 Å². The van der Waals surface area contributed by atoms with Gasteiger partial charge in [-0.25, -0.2) is 9.18 Å². The molecule has 0 bridgehead atoms. The molecular formula is C16H23FN2O. The molecule has 3 nitrogen and oxygen atoms in total. The molecule has 0 saturated carbocycles. The number of halogens is 1. The zero-order valence-electron chi connectivity index (χ0n) is 12.2. The Kier molecular flexibility index (Phi) is 4.99. The van der Waals surface area contributed by atoms with Gasteiger partial charge in [-0.1, -0.05) is 26.0 Å². The lowest BCUT2D eigenvalue weighted by atomic mass is 10.0. The molecular weight excluding hydrogens is 255 g/mol. The molecule has 1 atom stereocenters. The van der Waals surface area contributed by atoms with Crippen molar-refractivity contribution >= 4 is 6.03 Å². The van der Waals surface area contributed by atoms with Crippen molar-refractivity contribution in [1.29, 1.82) is 0 Å². The number of rotatable bonds is 4. The summed E-state index contributed by atoms with van der Waals surface area (Å²) in [5.74, 6) is 0.336. The Morgan fingerprint density at radius 2 is 2.30 bits per heavy atom. The zero-order valence-corrected chi connectivity index (χ0v) is 12.2. The monoisotopic (exact) mass is 278 g/mol. The van der Waals surface area contributed by atoms with Crippen LogP contribution in [0.4, 0.5) is 9.18 Å². The van der Waals surface area contributed by atoms with E-state index >= 15 is 0 Å². The molecule has 1 N–H and O–H groups in total. The fourth-order valence-corrected chi connectivity index (χ4v) is 2.64. The third-order valence-corrected chi connectivity index (χ3v) is 3.75. The first kappa shape index (κ1) is 14.8. The number of nitrogens with zero attached hydrogens (tertiary/aromatic N) is 1. The first-order valence-electron chi connectivity index (χ1n) is 7.38. The Hall–Kier alpha value is -1.58. The molecule has 1 heterocycles. The van der Waals surface area contributed by atoms with Gasteiger partial charge in [0.2, 0.25) is 0 Å². The van der Waals surface area contributed by atoms with E-state index in [2.05, 4.69) is 19.2 Å². The molecule has 1 aromatic carbocycles. The minimum Gasteiger partial charge on any atom is -0.338 e. The van der Waals surface area contributed by atoms with Gasteiger partial charge in [-0.05, 0) is 42.9 Å². The maximum Gasteiger partial charge on any atom is 0.317 e. The van der Waals surface area contributed by atoms with Crippen LogP contribution in [-0.2, 0) is 0 Å². The van der Waals surface area contributed by atoms with Gasteiger partial charge in [0.1, 0.15) is 5.82 Å². The van der Waals surface area contributed by atoms with E-state index in [9.17, 15) is 9.18 Å². The van der Waals surface area contributed by atoms with E-state index in [0.29, 0.717) is 12.5 Å². The van der Waals surface area contributed by atoms with Crippen LogP contribution in [0.3, 0.4) is 0 Å². The Labute approximate surface area is 120 Å². The highest BCUT2D eigenvalue weighted by molar-refractivity contribution is 5.75. The van der Waals surface area contributed by atoms with Crippen molar-refractivity contribution in [2.75, 3.05) is 13.1 Å². The van der Waals surface area contributed by atoms with Gasteiger partial charge in [-0.2, -0.15) is 0 Å². The van der Waals surface area contributed by atoms with Gasteiger partial charge >= 0.3 is 6.03 Å². The lowest BCUT2D eigenvalue weighted by Gasteiger charge is -2.25. The molecule has 0 radical (unpaired) electrons. The minimum absolute atomic E-state index is 0.00440. The Morgan fingerprint density at radius 1 is 1.50 bits per heavy atom. The summed E-state index contributed by atoms with van der Waals surface area (Å²) in [6, 6.07) is 6.54. The SMILES string of the molecule is CC(C)CCNC(=O)N1CCC[C@H]1c1cccc(F)c1. The maximum absolute atomic E-state index is 13.3. The maximum atomic E-state index is 13.3. The lowest BCUT2D eigenvalue weighted by molar-refractivity contribution is 0.192. The Bertz CT molecular complexity index is 462. The highest BCUT2D eigenvalue weighted by Gasteiger charge is 2.29. The standard InChI is InChI=1S/C16H23FN2O/c1-12(2)8-9-18-16(20)19-10-4-7-15(19)13-5-3-6-14(17)11-13/h3,5-6,11-12,15H,4,7-10H2,1-2H3,(H,18,20)/t15-/m0/s1. The topological polar surface area (TPSA) is 32.3 Å². The molecule has 1 fully saturated rings. The second-order valence-electron chi connectivity index (χ2n) is 5.82. The summed E-state index contributed by atoms with van der Waals surface area (Å²) < 4.78 is 13.3. The van der Waals surface area contributed by atoms with Crippen LogP contribution >= 0.6 is 0 Å². The number of hydrogen-bond acceptors (Lipinski definition) is 1. The van der Waals surface area contributed by atoms with Crippen molar-refractivity contribution in [2.24, 2.45) is 5.92 Å². The van der Waals surface area contributed by atoms with Gasteiger partial charge in [0, 0.05) is 13.1 Å². The van der Waals surface area contributed by atoms with Crippen LogP contribution in [0, 0.1) is 11.7 Å². The van der Waals surface area contributed by atoms with Gasteiger partial charge in [0.15, 0.2) is 0 Å².